The topological polar surface area (TPSA) is 97.5 Å². The lowest BCUT2D eigenvalue weighted by Gasteiger charge is -2.16. The third-order valence-electron chi connectivity index (χ3n) is 3.83. The monoisotopic (exact) mass is 364 g/mol. The number of amides is 2. The summed E-state index contributed by atoms with van der Waals surface area (Å²) in [6, 6.07) is 12.8. The first-order valence-corrected chi connectivity index (χ1v) is 8.95. The molecule has 0 spiro atoms. The molecule has 2 N–H and O–H groups in total. The van der Waals surface area contributed by atoms with Crippen LogP contribution in [0.3, 0.4) is 0 Å². The van der Waals surface area contributed by atoms with Gasteiger partial charge in [-0.3, -0.25) is 9.59 Å². The van der Waals surface area contributed by atoms with Crippen LogP contribution in [0.1, 0.15) is 17.9 Å². The van der Waals surface area contributed by atoms with Crippen molar-refractivity contribution in [2.75, 3.05) is 4.90 Å². The number of nitrogens with zero attached hydrogens (tertiary/aromatic N) is 1. The molecule has 1 aliphatic rings. The summed E-state index contributed by atoms with van der Waals surface area (Å²) in [7, 11) is -3.97. The zero-order valence-electron chi connectivity index (χ0n) is 12.3. The molecular weight excluding hydrogens is 352 g/mol. The van der Waals surface area contributed by atoms with Crippen LogP contribution in [-0.4, -0.2) is 20.2 Å². The fourth-order valence-corrected chi connectivity index (χ4v) is 3.79. The minimum atomic E-state index is -3.97. The average molecular weight is 365 g/mol. The average Bonchev–Trinajstić information content (AvgIpc) is 2.81. The third-order valence-corrected chi connectivity index (χ3v) is 5.22. The molecule has 0 saturated carbocycles. The van der Waals surface area contributed by atoms with E-state index in [1.54, 1.807) is 24.3 Å². The lowest BCUT2D eigenvalue weighted by atomic mass is 9.98. The van der Waals surface area contributed by atoms with Crippen LogP contribution in [0.4, 0.5) is 5.69 Å². The number of carbonyl (C=O) groups is 2. The molecule has 124 valence electrons. The molecular formula is C16H13ClN2O4S. The van der Waals surface area contributed by atoms with Crippen LogP contribution < -0.4 is 10.0 Å². The first-order valence-electron chi connectivity index (χ1n) is 7.03. The number of halogens is 1. The van der Waals surface area contributed by atoms with E-state index in [0.717, 1.165) is 10.5 Å². The molecule has 24 heavy (non-hydrogen) atoms. The molecule has 0 radical (unpaired) electrons. The third kappa shape index (κ3) is 2.93. The zero-order chi connectivity index (χ0) is 17.5. The number of rotatable bonds is 3. The summed E-state index contributed by atoms with van der Waals surface area (Å²) < 4.78 is 22.8. The molecule has 1 aliphatic heterocycles. The summed E-state index contributed by atoms with van der Waals surface area (Å²) in [5.74, 6) is -1.30. The summed E-state index contributed by atoms with van der Waals surface area (Å²) in [5.41, 5.74) is 0.978. The highest BCUT2D eigenvalue weighted by molar-refractivity contribution is 7.89. The van der Waals surface area contributed by atoms with Gasteiger partial charge in [-0.15, -0.1) is 0 Å². The van der Waals surface area contributed by atoms with E-state index >= 15 is 0 Å². The number of primary sulfonamides is 1. The van der Waals surface area contributed by atoms with Crippen molar-refractivity contribution in [1.82, 2.24) is 0 Å². The van der Waals surface area contributed by atoms with Crippen molar-refractivity contribution in [1.29, 1.82) is 0 Å². The first-order chi connectivity index (χ1) is 11.3. The molecule has 0 unspecified atom stereocenters. The second-order valence-electron chi connectivity index (χ2n) is 5.39. The lowest BCUT2D eigenvalue weighted by Crippen LogP contribution is -2.30. The van der Waals surface area contributed by atoms with Gasteiger partial charge >= 0.3 is 0 Å². The Balaban J connectivity index is 1.97. The molecule has 0 bridgehead atoms. The molecule has 1 saturated heterocycles. The molecule has 2 aromatic carbocycles. The highest BCUT2D eigenvalue weighted by Crippen LogP contribution is 2.35. The molecule has 2 amide bonds. The van der Waals surface area contributed by atoms with Gasteiger partial charge in [-0.1, -0.05) is 41.9 Å². The number of sulfonamides is 1. The van der Waals surface area contributed by atoms with Crippen molar-refractivity contribution in [2.45, 2.75) is 17.2 Å². The van der Waals surface area contributed by atoms with Gasteiger partial charge in [0.25, 0.3) is 0 Å². The van der Waals surface area contributed by atoms with E-state index in [2.05, 4.69) is 0 Å². The summed E-state index contributed by atoms with van der Waals surface area (Å²) in [6.45, 7) is 0. The van der Waals surface area contributed by atoms with E-state index in [9.17, 15) is 18.0 Å². The summed E-state index contributed by atoms with van der Waals surface area (Å²) >= 11 is 5.93. The standard InChI is InChI=1S/C16H13ClN2O4S/c17-13-8-11(6-7-14(13)24(18,22)23)19-15(20)9-12(16(19)21)10-4-2-1-3-5-10/h1-8,12H,9H2,(H2,18,22,23)/t12-/m1/s1. The van der Waals surface area contributed by atoms with Crippen molar-refractivity contribution in [3.8, 4) is 0 Å². The zero-order valence-corrected chi connectivity index (χ0v) is 13.9. The second-order valence-corrected chi connectivity index (χ2v) is 7.33. The normalized spacial score (nSPS) is 18.2. The molecule has 3 rings (SSSR count). The van der Waals surface area contributed by atoms with Crippen LogP contribution in [0.15, 0.2) is 53.4 Å². The quantitative estimate of drug-likeness (QED) is 0.842. The Kier molecular flexibility index (Phi) is 4.16. The lowest BCUT2D eigenvalue weighted by molar-refractivity contribution is -0.121. The Morgan fingerprint density at radius 2 is 1.75 bits per heavy atom. The molecule has 1 fully saturated rings. The highest BCUT2D eigenvalue weighted by atomic mass is 35.5. The SMILES string of the molecule is NS(=O)(=O)c1ccc(N2C(=O)C[C@H](c3ccccc3)C2=O)cc1Cl. The smallest absolute Gasteiger partial charge is 0.241 e. The van der Waals surface area contributed by atoms with E-state index in [4.69, 9.17) is 16.7 Å². The number of anilines is 1. The summed E-state index contributed by atoms with van der Waals surface area (Å²) in [4.78, 5) is 25.7. The van der Waals surface area contributed by atoms with Gasteiger partial charge in [-0.05, 0) is 23.8 Å². The van der Waals surface area contributed by atoms with Crippen LogP contribution in [0.2, 0.25) is 5.02 Å². The molecule has 6 nitrogen and oxygen atoms in total. The Morgan fingerprint density at radius 3 is 2.33 bits per heavy atom. The number of imide groups is 1. The highest BCUT2D eigenvalue weighted by Gasteiger charge is 2.40. The van der Waals surface area contributed by atoms with Gasteiger partial charge in [-0.25, -0.2) is 18.5 Å². The van der Waals surface area contributed by atoms with E-state index in [1.165, 1.54) is 18.2 Å². The summed E-state index contributed by atoms with van der Waals surface area (Å²) in [6.07, 6.45) is 0.0530. The molecule has 0 aliphatic carbocycles. The van der Waals surface area contributed by atoms with Crippen molar-refractivity contribution in [3.63, 3.8) is 0 Å². The van der Waals surface area contributed by atoms with Crippen LogP contribution in [0.5, 0.6) is 0 Å². The predicted molar refractivity (Wildman–Crippen MR) is 89.1 cm³/mol. The van der Waals surface area contributed by atoms with Crippen molar-refractivity contribution >= 4 is 39.1 Å². The van der Waals surface area contributed by atoms with Gasteiger partial charge in [-0.2, -0.15) is 0 Å². The molecule has 2 aromatic rings. The van der Waals surface area contributed by atoms with Crippen molar-refractivity contribution in [3.05, 3.63) is 59.1 Å². The molecule has 1 atom stereocenters. The van der Waals surface area contributed by atoms with Crippen LogP contribution >= 0.6 is 11.6 Å². The Labute approximate surface area is 143 Å². The Hall–Kier alpha value is -2.22. The van der Waals surface area contributed by atoms with Crippen molar-refractivity contribution in [2.24, 2.45) is 5.14 Å². The van der Waals surface area contributed by atoms with E-state index < -0.39 is 15.9 Å². The van der Waals surface area contributed by atoms with Gasteiger partial charge in [0.2, 0.25) is 21.8 Å². The van der Waals surface area contributed by atoms with E-state index in [1.807, 2.05) is 6.07 Å². The predicted octanol–water partition coefficient (Wildman–Crippen LogP) is 2.03. The molecule has 8 heteroatoms. The number of nitrogens with two attached hydrogens (primary N) is 1. The number of benzene rings is 2. The van der Waals surface area contributed by atoms with E-state index in [0.29, 0.717) is 0 Å². The van der Waals surface area contributed by atoms with Crippen LogP contribution in [0.25, 0.3) is 0 Å². The minimum absolute atomic E-state index is 0.0530. The molecule has 1 heterocycles. The van der Waals surface area contributed by atoms with Gasteiger partial charge < -0.3 is 0 Å². The maximum Gasteiger partial charge on any atom is 0.241 e. The van der Waals surface area contributed by atoms with E-state index in [-0.39, 0.29) is 33.8 Å². The van der Waals surface area contributed by atoms with Gasteiger partial charge in [0.05, 0.1) is 16.6 Å². The second kappa shape index (κ2) is 6.01. The Bertz CT molecular complexity index is 928. The Morgan fingerprint density at radius 1 is 1.08 bits per heavy atom. The van der Waals surface area contributed by atoms with Crippen molar-refractivity contribution < 1.29 is 18.0 Å². The minimum Gasteiger partial charge on any atom is -0.274 e. The number of carbonyl (C=O) groups excluding carboxylic acids is 2. The number of hydrogen-bond donors (Lipinski definition) is 1. The summed E-state index contributed by atoms with van der Waals surface area (Å²) in [5, 5.41) is 4.91. The maximum atomic E-state index is 12.6. The van der Waals surface area contributed by atoms with Gasteiger partial charge in [0.15, 0.2) is 0 Å². The van der Waals surface area contributed by atoms with Crippen LogP contribution in [-0.2, 0) is 19.6 Å². The first kappa shape index (κ1) is 16.6. The fraction of sp³-hybridized carbons (Fsp3) is 0.125. The van der Waals surface area contributed by atoms with Gasteiger partial charge in [0, 0.05) is 6.42 Å². The largest absolute Gasteiger partial charge is 0.274 e. The maximum absolute atomic E-state index is 12.6. The van der Waals surface area contributed by atoms with Gasteiger partial charge in [0.1, 0.15) is 4.90 Å². The molecule has 0 aromatic heterocycles. The van der Waals surface area contributed by atoms with Crippen LogP contribution in [0, 0.1) is 0 Å². The number of hydrogen-bond acceptors (Lipinski definition) is 4. The fourth-order valence-electron chi connectivity index (χ4n) is 2.71.